The highest BCUT2D eigenvalue weighted by Gasteiger charge is 2.30. The Balaban J connectivity index is 2.19. The normalized spacial score (nSPS) is 12.8. The highest BCUT2D eigenvalue weighted by atomic mass is 79.9. The lowest BCUT2D eigenvalue weighted by molar-refractivity contribution is 0.559. The van der Waals surface area contributed by atoms with Gasteiger partial charge in [-0.2, -0.15) is 4.98 Å². The number of sulfone groups is 1. The van der Waals surface area contributed by atoms with E-state index < -0.39 is 14.6 Å². The number of anilines is 1. The van der Waals surface area contributed by atoms with E-state index in [4.69, 9.17) is 0 Å². The van der Waals surface area contributed by atoms with Crippen molar-refractivity contribution in [1.82, 2.24) is 14.6 Å². The zero-order chi connectivity index (χ0) is 14.3. The summed E-state index contributed by atoms with van der Waals surface area (Å²) in [5, 5.41) is 7.19. The second-order valence-electron chi connectivity index (χ2n) is 4.97. The van der Waals surface area contributed by atoms with Gasteiger partial charge in [0.1, 0.15) is 0 Å². The maximum Gasteiger partial charge on any atom is 0.243 e. The van der Waals surface area contributed by atoms with Crippen molar-refractivity contribution in [3.8, 4) is 0 Å². The van der Waals surface area contributed by atoms with Gasteiger partial charge in [0, 0.05) is 23.5 Å². The summed E-state index contributed by atoms with van der Waals surface area (Å²) in [4.78, 5) is 4.26. The maximum absolute atomic E-state index is 11.6. The quantitative estimate of drug-likeness (QED) is 0.912. The number of halogens is 1. The van der Waals surface area contributed by atoms with E-state index in [0.717, 1.165) is 4.47 Å². The van der Waals surface area contributed by atoms with Crippen molar-refractivity contribution in [2.45, 2.75) is 18.6 Å². The standard InChI is InChI=1S/C11H15BrN4O2S/c1-11(2,19(3,17)18)7-13-10-14-9-5-4-8(12)6-16(9)15-10/h4-6H,7H2,1-3H3,(H,13,15). The van der Waals surface area contributed by atoms with Crippen molar-refractivity contribution in [2.75, 3.05) is 18.1 Å². The van der Waals surface area contributed by atoms with E-state index in [2.05, 4.69) is 31.3 Å². The van der Waals surface area contributed by atoms with Gasteiger partial charge >= 0.3 is 0 Å². The highest BCUT2D eigenvalue weighted by Crippen LogP contribution is 2.16. The molecule has 0 unspecified atom stereocenters. The molecule has 0 radical (unpaired) electrons. The predicted molar refractivity (Wildman–Crippen MR) is 78.1 cm³/mol. The van der Waals surface area contributed by atoms with Crippen LogP contribution in [-0.4, -0.2) is 40.6 Å². The molecule has 0 bridgehead atoms. The molecule has 0 amide bonds. The molecule has 0 atom stereocenters. The molecular weight excluding hydrogens is 332 g/mol. The van der Waals surface area contributed by atoms with Gasteiger partial charge in [-0.05, 0) is 41.9 Å². The molecule has 0 aromatic carbocycles. The van der Waals surface area contributed by atoms with E-state index in [1.54, 1.807) is 24.6 Å². The fourth-order valence-electron chi connectivity index (χ4n) is 1.36. The Morgan fingerprint density at radius 3 is 2.74 bits per heavy atom. The largest absolute Gasteiger partial charge is 0.351 e. The lowest BCUT2D eigenvalue weighted by Crippen LogP contribution is -2.38. The molecule has 0 fully saturated rings. The summed E-state index contributed by atoms with van der Waals surface area (Å²) in [6, 6.07) is 3.69. The first-order chi connectivity index (χ1) is 8.69. The van der Waals surface area contributed by atoms with Gasteiger partial charge < -0.3 is 5.32 Å². The van der Waals surface area contributed by atoms with Crippen LogP contribution < -0.4 is 5.32 Å². The second kappa shape index (κ2) is 4.75. The van der Waals surface area contributed by atoms with E-state index in [1.807, 2.05) is 12.1 Å². The average Bonchev–Trinajstić information content (AvgIpc) is 2.67. The topological polar surface area (TPSA) is 76.4 Å². The van der Waals surface area contributed by atoms with Crippen LogP contribution >= 0.6 is 15.9 Å². The molecule has 2 aromatic rings. The minimum absolute atomic E-state index is 0.254. The molecule has 2 rings (SSSR count). The van der Waals surface area contributed by atoms with Crippen LogP contribution in [0.3, 0.4) is 0 Å². The summed E-state index contributed by atoms with van der Waals surface area (Å²) < 4.78 is 24.8. The number of rotatable bonds is 4. The van der Waals surface area contributed by atoms with Crippen molar-refractivity contribution < 1.29 is 8.42 Å². The molecule has 104 valence electrons. The fourth-order valence-corrected chi connectivity index (χ4v) is 2.02. The maximum atomic E-state index is 11.6. The Labute approximate surface area is 120 Å². The summed E-state index contributed by atoms with van der Waals surface area (Å²) in [5.74, 6) is 0.412. The zero-order valence-corrected chi connectivity index (χ0v) is 13.3. The summed E-state index contributed by atoms with van der Waals surface area (Å²) in [7, 11) is -3.14. The Morgan fingerprint density at radius 1 is 1.42 bits per heavy atom. The summed E-state index contributed by atoms with van der Waals surface area (Å²) in [5.41, 5.74) is 0.697. The number of nitrogens with zero attached hydrogens (tertiary/aromatic N) is 3. The molecule has 0 saturated carbocycles. The molecule has 19 heavy (non-hydrogen) atoms. The molecule has 0 saturated heterocycles. The average molecular weight is 347 g/mol. The number of pyridine rings is 1. The van der Waals surface area contributed by atoms with Crippen LogP contribution in [0, 0.1) is 0 Å². The molecule has 0 spiro atoms. The van der Waals surface area contributed by atoms with E-state index >= 15 is 0 Å². The van der Waals surface area contributed by atoms with Gasteiger partial charge in [0.05, 0.1) is 4.75 Å². The lowest BCUT2D eigenvalue weighted by Gasteiger charge is -2.22. The summed E-state index contributed by atoms with van der Waals surface area (Å²) in [6.07, 6.45) is 3.01. The molecule has 1 N–H and O–H groups in total. The van der Waals surface area contributed by atoms with Crippen LogP contribution in [0.4, 0.5) is 5.95 Å². The molecule has 2 heterocycles. The lowest BCUT2D eigenvalue weighted by atomic mass is 10.2. The number of nitrogens with one attached hydrogen (secondary N) is 1. The Bertz CT molecular complexity index is 709. The van der Waals surface area contributed by atoms with Gasteiger partial charge in [0.15, 0.2) is 15.5 Å². The van der Waals surface area contributed by atoms with E-state index in [1.165, 1.54) is 6.26 Å². The third-order valence-corrected chi connectivity index (χ3v) is 5.59. The van der Waals surface area contributed by atoms with Gasteiger partial charge in [-0.25, -0.2) is 12.9 Å². The number of aromatic nitrogens is 3. The second-order valence-corrected chi connectivity index (χ2v) is 8.54. The Morgan fingerprint density at radius 2 is 2.11 bits per heavy atom. The van der Waals surface area contributed by atoms with Gasteiger partial charge in [-0.3, -0.25) is 0 Å². The third kappa shape index (κ3) is 3.06. The molecule has 0 aliphatic heterocycles. The van der Waals surface area contributed by atoms with Crippen LogP contribution in [-0.2, 0) is 9.84 Å². The van der Waals surface area contributed by atoms with E-state index in [-0.39, 0.29) is 6.54 Å². The molecule has 0 aliphatic carbocycles. The van der Waals surface area contributed by atoms with Crippen molar-refractivity contribution >= 4 is 37.4 Å². The first-order valence-electron chi connectivity index (χ1n) is 5.64. The van der Waals surface area contributed by atoms with Crippen LogP contribution in [0.15, 0.2) is 22.8 Å². The number of hydrogen-bond acceptors (Lipinski definition) is 5. The fraction of sp³-hybridized carbons (Fsp3) is 0.455. The zero-order valence-electron chi connectivity index (χ0n) is 10.9. The van der Waals surface area contributed by atoms with Gasteiger partial charge in [-0.15, -0.1) is 5.10 Å². The molecule has 0 aliphatic rings. The summed E-state index contributed by atoms with van der Waals surface area (Å²) >= 11 is 3.35. The van der Waals surface area contributed by atoms with Crippen molar-refractivity contribution in [3.05, 3.63) is 22.8 Å². The van der Waals surface area contributed by atoms with Crippen LogP contribution in [0.2, 0.25) is 0 Å². The highest BCUT2D eigenvalue weighted by molar-refractivity contribution is 9.10. The monoisotopic (exact) mass is 346 g/mol. The van der Waals surface area contributed by atoms with Gasteiger partial charge in [0.2, 0.25) is 5.95 Å². The first-order valence-corrected chi connectivity index (χ1v) is 8.33. The Kier molecular flexibility index (Phi) is 3.57. The SMILES string of the molecule is CC(C)(CNc1nc2ccc(Br)cn2n1)S(C)(=O)=O. The molecule has 6 nitrogen and oxygen atoms in total. The predicted octanol–water partition coefficient (Wildman–Crippen LogP) is 1.73. The van der Waals surface area contributed by atoms with Crippen molar-refractivity contribution in [2.24, 2.45) is 0 Å². The third-order valence-electron chi connectivity index (χ3n) is 2.97. The van der Waals surface area contributed by atoms with Crippen LogP contribution in [0.5, 0.6) is 0 Å². The van der Waals surface area contributed by atoms with Gasteiger partial charge in [-0.1, -0.05) is 0 Å². The molecule has 8 heteroatoms. The first kappa shape index (κ1) is 14.3. The van der Waals surface area contributed by atoms with E-state index in [0.29, 0.717) is 11.6 Å². The smallest absolute Gasteiger partial charge is 0.243 e. The van der Waals surface area contributed by atoms with Crippen molar-refractivity contribution in [3.63, 3.8) is 0 Å². The molecular formula is C11H15BrN4O2S. The number of hydrogen-bond donors (Lipinski definition) is 1. The molecule has 2 aromatic heterocycles. The minimum Gasteiger partial charge on any atom is -0.351 e. The van der Waals surface area contributed by atoms with Crippen molar-refractivity contribution in [1.29, 1.82) is 0 Å². The van der Waals surface area contributed by atoms with Crippen LogP contribution in [0.1, 0.15) is 13.8 Å². The van der Waals surface area contributed by atoms with E-state index in [9.17, 15) is 8.42 Å². The van der Waals surface area contributed by atoms with Gasteiger partial charge in [0.25, 0.3) is 0 Å². The summed E-state index contributed by atoms with van der Waals surface area (Å²) in [6.45, 7) is 3.59. The number of fused-ring (bicyclic) bond motifs is 1. The van der Waals surface area contributed by atoms with Crippen LogP contribution in [0.25, 0.3) is 5.65 Å². The Hall–Kier alpha value is -1.15. The minimum atomic E-state index is -3.14.